The third-order valence-electron chi connectivity index (χ3n) is 15.6. The standard InChI is InChI=1S/C51H77NO11/c1-29-14-10-9-11-15-30(2)41(53)23-36-18-17-35(7)51(61,28-36)48(58)49(59)52-19-13-12-16-40(52)50(60)63-44(32(4)22-37-24-39-25-38(37)26-43(39)55)27-42(54)31(3)21-34(6)46(57)47(62-8)45(56)33(5)20-29/h9-11,14-15,21,29,31-33,35-41,43-44,46-47,53,55,57,61H,12-13,16-20,22-28H2,1-8H3/b11-9+,14-10+,30-15+,34-21+/t29-,31-,32-,33-,35-,36+,37+,38-,39+,40+,41+,43+,44+,46-,47+,51+/m1/s1. The van der Waals surface area contributed by atoms with E-state index in [4.69, 9.17) is 9.47 Å². The number of carbonyl (C=O) groups is 5. The van der Waals surface area contributed by atoms with Gasteiger partial charge < -0.3 is 34.8 Å². The minimum Gasteiger partial charge on any atom is -0.460 e. The molecule has 3 aliphatic carbocycles. The number of fused-ring (bicyclic) bond motifs is 5. The number of Topliss-reactive ketones (excluding diaryl/α,β-unsaturated/α-hetero) is 3. The van der Waals surface area contributed by atoms with Crippen molar-refractivity contribution < 1.29 is 53.9 Å². The van der Waals surface area contributed by atoms with Gasteiger partial charge in [0.2, 0.25) is 0 Å². The largest absolute Gasteiger partial charge is 0.460 e. The van der Waals surface area contributed by atoms with Crippen molar-refractivity contribution in [2.75, 3.05) is 13.7 Å². The molecule has 63 heavy (non-hydrogen) atoms. The molecule has 12 heteroatoms. The molecule has 1 saturated heterocycles. The Morgan fingerprint density at radius 2 is 1.60 bits per heavy atom. The lowest BCUT2D eigenvalue weighted by atomic mass is 9.67. The molecule has 2 heterocycles. The minimum absolute atomic E-state index is 0.0133. The minimum atomic E-state index is -1.97. The summed E-state index contributed by atoms with van der Waals surface area (Å²) in [5, 5.41) is 45.1. The molecule has 2 aliphatic heterocycles. The van der Waals surface area contributed by atoms with E-state index in [1.807, 2.05) is 58.1 Å². The Hall–Kier alpha value is -3.29. The summed E-state index contributed by atoms with van der Waals surface area (Å²) in [7, 11) is 1.38. The number of carbonyl (C=O) groups excluding carboxylic acids is 5. The lowest BCUT2D eigenvalue weighted by Gasteiger charge is -2.42. The molecule has 5 rings (SSSR count). The van der Waals surface area contributed by atoms with E-state index in [9.17, 15) is 44.4 Å². The number of hydrogen-bond donors (Lipinski definition) is 4. The van der Waals surface area contributed by atoms with Crippen LogP contribution < -0.4 is 0 Å². The Morgan fingerprint density at radius 1 is 0.873 bits per heavy atom. The molecule has 0 unspecified atom stereocenters. The van der Waals surface area contributed by atoms with E-state index >= 15 is 0 Å². The molecule has 12 nitrogen and oxygen atoms in total. The number of amides is 1. The van der Waals surface area contributed by atoms with Crippen LogP contribution in [0.25, 0.3) is 0 Å². The van der Waals surface area contributed by atoms with Gasteiger partial charge in [-0.3, -0.25) is 19.2 Å². The zero-order valence-electron chi connectivity index (χ0n) is 39.1. The number of rotatable bonds is 4. The van der Waals surface area contributed by atoms with Gasteiger partial charge in [0.1, 0.15) is 35.7 Å². The number of methoxy groups -OCH3 is 1. The highest BCUT2D eigenvalue weighted by Crippen LogP contribution is 2.51. The van der Waals surface area contributed by atoms with Gasteiger partial charge in [-0.15, -0.1) is 0 Å². The topological polar surface area (TPSA) is 188 Å². The first-order valence-corrected chi connectivity index (χ1v) is 23.9. The first-order valence-electron chi connectivity index (χ1n) is 23.9. The molecular formula is C51H77NO11. The predicted molar refractivity (Wildman–Crippen MR) is 240 cm³/mol. The van der Waals surface area contributed by atoms with Crippen molar-refractivity contribution >= 4 is 29.2 Å². The summed E-state index contributed by atoms with van der Waals surface area (Å²) in [5.74, 6) is -4.24. The summed E-state index contributed by atoms with van der Waals surface area (Å²) in [4.78, 5) is 71.8. The quantitative estimate of drug-likeness (QED) is 0.139. The van der Waals surface area contributed by atoms with Crippen molar-refractivity contribution in [2.45, 2.75) is 174 Å². The molecule has 0 aromatic heterocycles. The predicted octanol–water partition coefficient (Wildman–Crippen LogP) is 6.42. The maximum Gasteiger partial charge on any atom is 0.329 e. The second kappa shape index (κ2) is 22.3. The van der Waals surface area contributed by atoms with Crippen molar-refractivity contribution in [3.05, 3.63) is 47.6 Å². The number of cyclic esters (lactones) is 1. The fourth-order valence-electron chi connectivity index (χ4n) is 11.4. The molecule has 4 bridgehead atoms. The van der Waals surface area contributed by atoms with Crippen LogP contribution in [0, 0.1) is 53.3 Å². The summed E-state index contributed by atoms with van der Waals surface area (Å²) in [6.07, 6.45) is 13.1. The van der Waals surface area contributed by atoms with Gasteiger partial charge in [0, 0.05) is 31.9 Å². The SMILES string of the molecule is CO[C@H]1C(=O)[C@H](C)C[C@H](C)/C=C/C=C/C=C(\C)[C@@H](O)C[C@@H]2CC[C@@H](C)[C@@](O)(C2)C(=O)C(=O)N2CCCC[C@H]2C(=O)O[C@H]([C@H](C)C[C@H]2C[C@H]3C[C@@H]2C[C@@H]3O)CC(=O)[C@H](C)/C=C(\C)[C@H]1O. The number of allylic oxidation sites excluding steroid dienone is 6. The zero-order valence-corrected chi connectivity index (χ0v) is 39.1. The highest BCUT2D eigenvalue weighted by Gasteiger charge is 2.52. The van der Waals surface area contributed by atoms with Gasteiger partial charge in [0.05, 0.1) is 12.2 Å². The smallest absolute Gasteiger partial charge is 0.329 e. The lowest BCUT2D eigenvalue weighted by molar-refractivity contribution is -0.171. The molecule has 5 aliphatic rings. The van der Waals surface area contributed by atoms with Crippen LogP contribution in [-0.2, 0) is 33.4 Å². The van der Waals surface area contributed by atoms with Crippen molar-refractivity contribution in [3.8, 4) is 0 Å². The van der Waals surface area contributed by atoms with Gasteiger partial charge in [0.15, 0.2) is 5.78 Å². The number of esters is 1. The van der Waals surface area contributed by atoms with Crippen LogP contribution in [-0.4, -0.2) is 110 Å². The van der Waals surface area contributed by atoms with Crippen LogP contribution in [0.15, 0.2) is 47.6 Å². The summed E-state index contributed by atoms with van der Waals surface area (Å²) in [6, 6.07) is -1.08. The third kappa shape index (κ3) is 12.3. The average Bonchev–Trinajstić information content (AvgIpc) is 3.82. The summed E-state index contributed by atoms with van der Waals surface area (Å²) < 4.78 is 11.9. The van der Waals surface area contributed by atoms with Crippen LogP contribution in [0.5, 0.6) is 0 Å². The number of piperidine rings is 1. The monoisotopic (exact) mass is 880 g/mol. The van der Waals surface area contributed by atoms with Crippen molar-refractivity contribution in [1.29, 1.82) is 0 Å². The summed E-state index contributed by atoms with van der Waals surface area (Å²) >= 11 is 0. The van der Waals surface area contributed by atoms with Gasteiger partial charge in [-0.05, 0) is 143 Å². The van der Waals surface area contributed by atoms with E-state index in [0.29, 0.717) is 67.9 Å². The van der Waals surface area contributed by atoms with E-state index in [2.05, 4.69) is 0 Å². The van der Waals surface area contributed by atoms with Gasteiger partial charge in [-0.1, -0.05) is 71.1 Å². The number of aliphatic hydroxyl groups is 4. The van der Waals surface area contributed by atoms with Crippen molar-refractivity contribution in [3.63, 3.8) is 0 Å². The number of ketones is 3. The molecule has 3 saturated carbocycles. The number of ether oxygens (including phenoxy) is 2. The van der Waals surface area contributed by atoms with Gasteiger partial charge in [-0.25, -0.2) is 4.79 Å². The molecule has 0 radical (unpaired) electrons. The Balaban J connectivity index is 1.45. The normalized spacial score (nSPS) is 43.0. The van der Waals surface area contributed by atoms with Crippen molar-refractivity contribution in [1.82, 2.24) is 4.90 Å². The van der Waals surface area contributed by atoms with Gasteiger partial charge >= 0.3 is 5.97 Å². The zero-order chi connectivity index (χ0) is 46.3. The average molecular weight is 880 g/mol. The van der Waals surface area contributed by atoms with E-state index < -0.39 is 71.5 Å². The third-order valence-corrected chi connectivity index (χ3v) is 15.6. The molecule has 352 valence electrons. The van der Waals surface area contributed by atoms with Crippen LogP contribution in [0.4, 0.5) is 0 Å². The first kappa shape index (κ1) is 50.7. The van der Waals surface area contributed by atoms with Crippen LogP contribution in [0.2, 0.25) is 0 Å². The molecule has 0 spiro atoms. The first-order chi connectivity index (χ1) is 29.7. The Kier molecular flexibility index (Phi) is 17.9. The number of hydrogen-bond acceptors (Lipinski definition) is 11. The van der Waals surface area contributed by atoms with Crippen LogP contribution in [0.1, 0.15) is 132 Å². The molecule has 1 amide bonds. The highest BCUT2D eigenvalue weighted by atomic mass is 16.5. The highest BCUT2D eigenvalue weighted by molar-refractivity contribution is 6.39. The van der Waals surface area contributed by atoms with E-state index in [1.54, 1.807) is 26.8 Å². The molecule has 4 fully saturated rings. The van der Waals surface area contributed by atoms with E-state index in [-0.39, 0.29) is 67.1 Å². The number of nitrogens with zero attached hydrogens (tertiary/aromatic N) is 1. The van der Waals surface area contributed by atoms with E-state index in [0.717, 1.165) is 19.3 Å². The molecule has 16 atom stereocenters. The summed E-state index contributed by atoms with van der Waals surface area (Å²) in [5.41, 5.74) is -0.853. The molecular weight excluding hydrogens is 803 g/mol. The van der Waals surface area contributed by atoms with Crippen LogP contribution >= 0.6 is 0 Å². The fraction of sp³-hybridized carbons (Fsp3) is 0.745. The second-order valence-electron chi connectivity index (χ2n) is 20.5. The van der Waals surface area contributed by atoms with E-state index in [1.165, 1.54) is 12.0 Å². The lowest BCUT2D eigenvalue weighted by Crippen LogP contribution is -2.59. The fourth-order valence-corrected chi connectivity index (χ4v) is 11.4. The summed E-state index contributed by atoms with van der Waals surface area (Å²) in [6.45, 7) is 12.9. The molecule has 4 N–H and O–H groups in total. The van der Waals surface area contributed by atoms with Crippen LogP contribution in [0.3, 0.4) is 0 Å². The Bertz CT molecular complexity index is 1770. The van der Waals surface area contributed by atoms with Gasteiger partial charge in [0.25, 0.3) is 11.7 Å². The molecule has 0 aromatic rings. The second-order valence-corrected chi connectivity index (χ2v) is 20.5. The van der Waals surface area contributed by atoms with Gasteiger partial charge in [-0.2, -0.15) is 0 Å². The Labute approximate surface area is 375 Å². The van der Waals surface area contributed by atoms with Crippen molar-refractivity contribution in [2.24, 2.45) is 53.3 Å². The Morgan fingerprint density at radius 3 is 2.27 bits per heavy atom. The maximum atomic E-state index is 14.3. The molecule has 0 aromatic carbocycles. The number of aliphatic hydroxyl groups excluding tert-OH is 3. The maximum absolute atomic E-state index is 14.3.